The number of carbonyl (C=O) groups is 1. The minimum absolute atomic E-state index is 0.201. The molecule has 100 valence electrons. The fourth-order valence-corrected chi connectivity index (χ4v) is 1.99. The number of hydrogen-bond donors (Lipinski definition) is 1. The SMILES string of the molecule is CC.CC(=O)NS(=O)(=O)c1ccc([N+](=O)[O-])cc1. The largest absolute Gasteiger partial charge is 0.274 e. The summed E-state index contributed by atoms with van der Waals surface area (Å²) in [6.07, 6.45) is 0. The van der Waals surface area contributed by atoms with Gasteiger partial charge in [-0.1, -0.05) is 13.8 Å². The zero-order chi connectivity index (χ0) is 14.3. The Labute approximate surface area is 105 Å². The molecule has 0 bridgehead atoms. The van der Waals surface area contributed by atoms with Crippen LogP contribution in [0.4, 0.5) is 5.69 Å². The van der Waals surface area contributed by atoms with Gasteiger partial charge in [-0.05, 0) is 12.1 Å². The Morgan fingerprint density at radius 1 is 1.22 bits per heavy atom. The van der Waals surface area contributed by atoms with E-state index in [0.717, 1.165) is 31.2 Å². The maximum absolute atomic E-state index is 11.4. The maximum Gasteiger partial charge on any atom is 0.269 e. The number of hydrogen-bond acceptors (Lipinski definition) is 5. The molecule has 0 unspecified atom stereocenters. The van der Waals surface area contributed by atoms with Crippen molar-refractivity contribution < 1.29 is 18.1 Å². The molecule has 18 heavy (non-hydrogen) atoms. The molecule has 0 radical (unpaired) electrons. The Morgan fingerprint density at radius 3 is 2.00 bits per heavy atom. The van der Waals surface area contributed by atoms with Gasteiger partial charge in [-0.2, -0.15) is 0 Å². The molecule has 0 aliphatic rings. The standard InChI is InChI=1S/C8H8N2O5S.C2H6/c1-6(11)9-16(14,15)8-4-2-7(3-5-8)10(12)13;1-2/h2-5H,1H3,(H,9,11);1-2H3. The molecule has 1 aromatic carbocycles. The van der Waals surface area contributed by atoms with E-state index >= 15 is 0 Å². The molecule has 0 aromatic heterocycles. The molecule has 0 heterocycles. The third kappa shape index (κ3) is 4.50. The van der Waals surface area contributed by atoms with E-state index in [1.165, 1.54) is 0 Å². The number of non-ortho nitro benzene ring substituents is 1. The van der Waals surface area contributed by atoms with Crippen LogP contribution in [0.1, 0.15) is 20.8 Å². The lowest BCUT2D eigenvalue weighted by molar-refractivity contribution is -0.384. The Kier molecular flexibility index (Phi) is 5.97. The van der Waals surface area contributed by atoms with E-state index in [4.69, 9.17) is 0 Å². The monoisotopic (exact) mass is 274 g/mol. The first-order chi connectivity index (χ1) is 8.33. The zero-order valence-corrected chi connectivity index (χ0v) is 11.0. The van der Waals surface area contributed by atoms with E-state index in [1.54, 1.807) is 4.72 Å². The number of nitro benzene ring substituents is 1. The van der Waals surface area contributed by atoms with Gasteiger partial charge in [-0.3, -0.25) is 14.9 Å². The Bertz CT molecular complexity index is 522. The third-order valence-corrected chi connectivity index (χ3v) is 3.08. The lowest BCUT2D eigenvalue weighted by Crippen LogP contribution is -2.28. The van der Waals surface area contributed by atoms with Gasteiger partial charge in [0.1, 0.15) is 0 Å². The second-order valence-electron chi connectivity index (χ2n) is 2.91. The van der Waals surface area contributed by atoms with E-state index in [9.17, 15) is 23.3 Å². The summed E-state index contributed by atoms with van der Waals surface area (Å²) in [6, 6.07) is 4.22. The first-order valence-corrected chi connectivity index (χ1v) is 6.59. The predicted octanol–water partition coefficient (Wildman–Crippen LogP) is 1.45. The molecule has 0 saturated heterocycles. The average molecular weight is 274 g/mol. The van der Waals surface area contributed by atoms with E-state index in [1.807, 2.05) is 13.8 Å². The van der Waals surface area contributed by atoms with Gasteiger partial charge in [-0.25, -0.2) is 13.1 Å². The van der Waals surface area contributed by atoms with Crippen LogP contribution in [0.25, 0.3) is 0 Å². The lowest BCUT2D eigenvalue weighted by Gasteiger charge is -2.03. The second kappa shape index (κ2) is 6.70. The molecule has 1 amide bonds. The van der Waals surface area contributed by atoms with Gasteiger partial charge in [0.15, 0.2) is 0 Å². The van der Waals surface area contributed by atoms with Crippen LogP contribution in [0.15, 0.2) is 29.2 Å². The van der Waals surface area contributed by atoms with Crippen LogP contribution in [-0.2, 0) is 14.8 Å². The number of benzene rings is 1. The second-order valence-corrected chi connectivity index (χ2v) is 4.60. The van der Waals surface area contributed by atoms with Crippen LogP contribution in [0.5, 0.6) is 0 Å². The highest BCUT2D eigenvalue weighted by molar-refractivity contribution is 7.90. The number of rotatable bonds is 3. The number of sulfonamides is 1. The summed E-state index contributed by atoms with van der Waals surface area (Å²) in [5, 5.41) is 10.3. The first kappa shape index (κ1) is 16.0. The van der Waals surface area contributed by atoms with Crippen molar-refractivity contribution in [2.75, 3.05) is 0 Å². The number of nitrogens with zero attached hydrogens (tertiary/aromatic N) is 1. The minimum Gasteiger partial charge on any atom is -0.274 e. The van der Waals surface area contributed by atoms with Crippen molar-refractivity contribution in [2.24, 2.45) is 0 Å². The van der Waals surface area contributed by atoms with Crippen LogP contribution in [-0.4, -0.2) is 19.2 Å². The van der Waals surface area contributed by atoms with Gasteiger partial charge in [-0.15, -0.1) is 0 Å². The van der Waals surface area contributed by atoms with E-state index in [-0.39, 0.29) is 10.6 Å². The number of nitro groups is 1. The average Bonchev–Trinajstić information content (AvgIpc) is 2.30. The van der Waals surface area contributed by atoms with Crippen molar-refractivity contribution in [2.45, 2.75) is 25.7 Å². The summed E-state index contributed by atoms with van der Waals surface area (Å²) in [5.41, 5.74) is -0.221. The summed E-state index contributed by atoms with van der Waals surface area (Å²) < 4.78 is 24.6. The van der Waals surface area contributed by atoms with Gasteiger partial charge in [0.05, 0.1) is 9.82 Å². The molecular formula is C10H14N2O5S. The summed E-state index contributed by atoms with van der Waals surface area (Å²) in [4.78, 5) is 20.1. The Hall–Kier alpha value is -1.96. The molecule has 0 aliphatic carbocycles. The van der Waals surface area contributed by atoms with Crippen molar-refractivity contribution in [1.82, 2.24) is 4.72 Å². The van der Waals surface area contributed by atoms with Crippen molar-refractivity contribution in [3.8, 4) is 0 Å². The normalized spacial score (nSPS) is 9.94. The van der Waals surface area contributed by atoms with Crippen molar-refractivity contribution in [3.05, 3.63) is 34.4 Å². The highest BCUT2D eigenvalue weighted by Gasteiger charge is 2.16. The smallest absolute Gasteiger partial charge is 0.269 e. The Morgan fingerprint density at radius 2 is 1.67 bits per heavy atom. The molecular weight excluding hydrogens is 260 g/mol. The molecule has 1 N–H and O–H groups in total. The topological polar surface area (TPSA) is 106 Å². The Balaban J connectivity index is 0.00000137. The van der Waals surface area contributed by atoms with Crippen LogP contribution in [0, 0.1) is 10.1 Å². The van der Waals surface area contributed by atoms with Gasteiger partial charge >= 0.3 is 0 Å². The number of amides is 1. The fourth-order valence-electron chi connectivity index (χ4n) is 0.995. The summed E-state index contributed by atoms with van der Waals surface area (Å²) in [7, 11) is -3.92. The molecule has 0 saturated carbocycles. The van der Waals surface area contributed by atoms with Crippen molar-refractivity contribution in [1.29, 1.82) is 0 Å². The molecule has 1 rings (SSSR count). The van der Waals surface area contributed by atoms with Gasteiger partial charge in [0, 0.05) is 19.1 Å². The van der Waals surface area contributed by atoms with Gasteiger partial charge < -0.3 is 0 Å². The predicted molar refractivity (Wildman–Crippen MR) is 65.4 cm³/mol. The quantitative estimate of drug-likeness (QED) is 0.663. The fraction of sp³-hybridized carbons (Fsp3) is 0.300. The molecule has 1 aromatic rings. The van der Waals surface area contributed by atoms with Gasteiger partial charge in [0.25, 0.3) is 15.7 Å². The molecule has 0 fully saturated rings. The zero-order valence-electron chi connectivity index (χ0n) is 10.2. The maximum atomic E-state index is 11.4. The molecule has 7 nitrogen and oxygen atoms in total. The van der Waals surface area contributed by atoms with Crippen LogP contribution >= 0.6 is 0 Å². The highest BCUT2D eigenvalue weighted by atomic mass is 32.2. The summed E-state index contributed by atoms with van der Waals surface area (Å²) in [5.74, 6) is -0.724. The van der Waals surface area contributed by atoms with Crippen LogP contribution in [0.3, 0.4) is 0 Å². The first-order valence-electron chi connectivity index (χ1n) is 5.11. The summed E-state index contributed by atoms with van der Waals surface area (Å²) >= 11 is 0. The van der Waals surface area contributed by atoms with Gasteiger partial charge in [0.2, 0.25) is 5.91 Å². The van der Waals surface area contributed by atoms with E-state index < -0.39 is 20.9 Å². The lowest BCUT2D eigenvalue weighted by atomic mass is 10.3. The summed E-state index contributed by atoms with van der Waals surface area (Å²) in [6.45, 7) is 5.06. The molecule has 0 aliphatic heterocycles. The number of nitrogens with one attached hydrogen (secondary N) is 1. The minimum atomic E-state index is -3.92. The van der Waals surface area contributed by atoms with Crippen LogP contribution < -0.4 is 4.72 Å². The number of carbonyl (C=O) groups excluding carboxylic acids is 1. The molecule has 8 heteroatoms. The molecule has 0 atom stereocenters. The van der Waals surface area contributed by atoms with E-state index in [0.29, 0.717) is 0 Å². The van der Waals surface area contributed by atoms with Crippen LogP contribution in [0.2, 0.25) is 0 Å². The highest BCUT2D eigenvalue weighted by Crippen LogP contribution is 2.15. The van der Waals surface area contributed by atoms with E-state index in [2.05, 4.69) is 0 Å². The van der Waals surface area contributed by atoms with Crippen molar-refractivity contribution in [3.63, 3.8) is 0 Å². The third-order valence-electron chi connectivity index (χ3n) is 1.64. The van der Waals surface area contributed by atoms with Crippen molar-refractivity contribution >= 4 is 21.6 Å². The molecule has 0 spiro atoms.